The van der Waals surface area contributed by atoms with E-state index in [1.54, 1.807) is 0 Å². The molecule has 0 spiro atoms. The Bertz CT molecular complexity index is 599. The fraction of sp³-hybridized carbons (Fsp3) is 0.733. The summed E-state index contributed by atoms with van der Waals surface area (Å²) in [6.45, 7) is 12.7. The van der Waals surface area contributed by atoms with Crippen LogP contribution in [0, 0.1) is 5.82 Å². The number of hydrogen-bond acceptors (Lipinski definition) is 5. The second-order valence-electron chi connectivity index (χ2n) is 7.41. The van der Waals surface area contributed by atoms with Gasteiger partial charge in [0, 0.05) is 6.54 Å². The Kier molecular flexibility index (Phi) is 6.13. The van der Waals surface area contributed by atoms with E-state index in [1.165, 1.54) is 0 Å². The molecule has 1 aliphatic heterocycles. The highest BCUT2D eigenvalue weighted by Gasteiger charge is 2.39. The van der Waals surface area contributed by atoms with Crippen molar-refractivity contribution in [2.24, 2.45) is 0 Å². The molecule has 5 nitrogen and oxygen atoms in total. The van der Waals surface area contributed by atoms with Crippen LogP contribution in [-0.2, 0) is 9.16 Å². The van der Waals surface area contributed by atoms with E-state index in [1.807, 2.05) is 4.90 Å². The lowest BCUT2D eigenvalue weighted by Gasteiger charge is -2.41. The van der Waals surface area contributed by atoms with Gasteiger partial charge in [-0.2, -0.15) is 9.37 Å². The SMILES string of the molecule is CC(C)(C)[Si](C)(C)OC[C@@H]1COCCN1c1nc(Cl)nc(Cl)c1F. The topological polar surface area (TPSA) is 47.5 Å². The summed E-state index contributed by atoms with van der Waals surface area (Å²) in [5.74, 6) is -0.563. The third-order valence-electron chi connectivity index (χ3n) is 4.71. The number of anilines is 1. The molecular formula is C15H24Cl2FN3O2Si. The predicted octanol–water partition coefficient (Wildman–Crippen LogP) is 4.15. The van der Waals surface area contributed by atoms with Crippen molar-refractivity contribution in [3.8, 4) is 0 Å². The Hall–Kier alpha value is -0.473. The summed E-state index contributed by atoms with van der Waals surface area (Å²) in [6.07, 6.45) is 0. The molecule has 0 saturated carbocycles. The third kappa shape index (κ3) is 4.38. The van der Waals surface area contributed by atoms with Crippen molar-refractivity contribution in [3.63, 3.8) is 0 Å². The second kappa shape index (κ2) is 7.41. The summed E-state index contributed by atoms with van der Waals surface area (Å²) in [7, 11) is -1.92. The second-order valence-corrected chi connectivity index (χ2v) is 12.9. The standard InChI is InChI=1S/C15H24Cl2FN3O2Si/c1-15(2,3)24(4,5)23-9-10-8-22-7-6-21(10)13-11(18)12(16)19-14(17)20-13/h10H,6-9H2,1-5H3/t10-/m0/s1. The molecule has 24 heavy (non-hydrogen) atoms. The molecule has 0 aliphatic carbocycles. The van der Waals surface area contributed by atoms with Gasteiger partial charge in [-0.05, 0) is 29.7 Å². The maximum Gasteiger partial charge on any atom is 0.225 e. The number of aromatic nitrogens is 2. The van der Waals surface area contributed by atoms with Gasteiger partial charge in [0.1, 0.15) is 0 Å². The lowest BCUT2D eigenvalue weighted by atomic mass is 10.2. The van der Waals surface area contributed by atoms with E-state index in [9.17, 15) is 4.39 Å². The average molecular weight is 396 g/mol. The number of ether oxygens (including phenoxy) is 1. The Balaban J connectivity index is 2.20. The number of rotatable bonds is 4. The molecule has 1 aliphatic rings. The van der Waals surface area contributed by atoms with Crippen molar-refractivity contribution in [2.75, 3.05) is 31.3 Å². The average Bonchev–Trinajstić information content (AvgIpc) is 2.48. The van der Waals surface area contributed by atoms with Crippen molar-refractivity contribution in [2.45, 2.75) is 44.9 Å². The highest BCUT2D eigenvalue weighted by molar-refractivity contribution is 6.74. The van der Waals surface area contributed by atoms with Crippen LogP contribution in [0.2, 0.25) is 28.6 Å². The van der Waals surface area contributed by atoms with Crippen LogP contribution < -0.4 is 4.90 Å². The molecule has 0 radical (unpaired) electrons. The van der Waals surface area contributed by atoms with Crippen molar-refractivity contribution in [1.29, 1.82) is 0 Å². The van der Waals surface area contributed by atoms with Gasteiger partial charge in [-0.25, -0.2) is 4.98 Å². The van der Waals surface area contributed by atoms with Crippen LogP contribution in [0.25, 0.3) is 0 Å². The zero-order valence-electron chi connectivity index (χ0n) is 14.7. The van der Waals surface area contributed by atoms with E-state index in [0.29, 0.717) is 26.4 Å². The maximum atomic E-state index is 14.4. The zero-order valence-corrected chi connectivity index (χ0v) is 17.2. The molecule has 0 unspecified atom stereocenters. The summed E-state index contributed by atoms with van der Waals surface area (Å²) >= 11 is 11.6. The van der Waals surface area contributed by atoms with Crippen molar-refractivity contribution >= 4 is 37.3 Å². The van der Waals surface area contributed by atoms with Crippen LogP contribution in [0.5, 0.6) is 0 Å². The van der Waals surface area contributed by atoms with Crippen LogP contribution >= 0.6 is 23.2 Å². The molecule has 0 aromatic carbocycles. The largest absolute Gasteiger partial charge is 0.415 e. The molecule has 1 aromatic rings. The smallest absolute Gasteiger partial charge is 0.225 e. The summed E-state index contributed by atoms with van der Waals surface area (Å²) in [6, 6.07) is -0.149. The number of nitrogens with zero attached hydrogens (tertiary/aromatic N) is 3. The Morgan fingerprint density at radius 3 is 2.62 bits per heavy atom. The molecule has 136 valence electrons. The number of halogens is 3. The first-order valence-corrected chi connectivity index (χ1v) is 11.6. The van der Waals surface area contributed by atoms with Gasteiger partial charge in [0.15, 0.2) is 19.3 Å². The molecule has 1 saturated heterocycles. The molecule has 1 fully saturated rings. The molecule has 0 bridgehead atoms. The monoisotopic (exact) mass is 395 g/mol. The molecule has 2 rings (SSSR count). The van der Waals surface area contributed by atoms with E-state index in [4.69, 9.17) is 32.4 Å². The molecule has 1 aromatic heterocycles. The Morgan fingerprint density at radius 2 is 2.00 bits per heavy atom. The van der Waals surface area contributed by atoms with Gasteiger partial charge in [0.2, 0.25) is 11.1 Å². The fourth-order valence-corrected chi connectivity index (χ4v) is 3.58. The summed E-state index contributed by atoms with van der Waals surface area (Å²) in [4.78, 5) is 9.47. The first-order valence-electron chi connectivity index (χ1n) is 7.90. The highest BCUT2D eigenvalue weighted by atomic mass is 35.5. The minimum atomic E-state index is -1.92. The van der Waals surface area contributed by atoms with E-state index in [2.05, 4.69) is 43.8 Å². The van der Waals surface area contributed by atoms with Gasteiger partial charge >= 0.3 is 0 Å². The highest BCUT2D eigenvalue weighted by Crippen LogP contribution is 2.37. The maximum absolute atomic E-state index is 14.4. The summed E-state index contributed by atoms with van der Waals surface area (Å²) in [5.41, 5.74) is 0. The van der Waals surface area contributed by atoms with E-state index < -0.39 is 14.1 Å². The van der Waals surface area contributed by atoms with Crippen molar-refractivity contribution < 1.29 is 13.6 Å². The lowest BCUT2D eigenvalue weighted by Crippen LogP contribution is -2.52. The van der Waals surface area contributed by atoms with Gasteiger partial charge in [-0.3, -0.25) is 0 Å². The molecular weight excluding hydrogens is 372 g/mol. The Labute approximate surface area is 153 Å². The van der Waals surface area contributed by atoms with Gasteiger partial charge < -0.3 is 14.1 Å². The summed E-state index contributed by atoms with van der Waals surface area (Å²) < 4.78 is 26.2. The lowest BCUT2D eigenvalue weighted by molar-refractivity contribution is 0.0737. The minimum Gasteiger partial charge on any atom is -0.415 e. The Morgan fingerprint density at radius 1 is 1.33 bits per heavy atom. The first kappa shape index (κ1) is 19.8. The molecule has 1 atom stereocenters. The minimum absolute atomic E-state index is 0.0769. The van der Waals surface area contributed by atoms with E-state index >= 15 is 0 Å². The third-order valence-corrected chi connectivity index (χ3v) is 9.63. The van der Waals surface area contributed by atoms with E-state index in [0.717, 1.165) is 0 Å². The number of hydrogen-bond donors (Lipinski definition) is 0. The van der Waals surface area contributed by atoms with Crippen molar-refractivity contribution in [1.82, 2.24) is 9.97 Å². The van der Waals surface area contributed by atoms with Gasteiger partial charge in [-0.15, -0.1) is 0 Å². The van der Waals surface area contributed by atoms with Gasteiger partial charge in [0.25, 0.3) is 0 Å². The fourth-order valence-electron chi connectivity index (χ4n) is 2.17. The van der Waals surface area contributed by atoms with Gasteiger partial charge in [-0.1, -0.05) is 32.4 Å². The van der Waals surface area contributed by atoms with Crippen LogP contribution in [-0.4, -0.2) is 50.7 Å². The van der Waals surface area contributed by atoms with Gasteiger partial charge in [0.05, 0.1) is 25.9 Å². The molecule has 9 heteroatoms. The van der Waals surface area contributed by atoms with Crippen LogP contribution in [0.1, 0.15) is 20.8 Å². The molecule has 2 heterocycles. The van der Waals surface area contributed by atoms with Crippen LogP contribution in [0.15, 0.2) is 0 Å². The first-order chi connectivity index (χ1) is 11.0. The van der Waals surface area contributed by atoms with Crippen molar-refractivity contribution in [3.05, 3.63) is 16.3 Å². The molecule has 0 amide bonds. The summed E-state index contributed by atoms with van der Waals surface area (Å²) in [5, 5.41) is -0.257. The predicted molar refractivity (Wildman–Crippen MR) is 97.1 cm³/mol. The van der Waals surface area contributed by atoms with Crippen LogP contribution in [0.3, 0.4) is 0 Å². The molecule has 0 N–H and O–H groups in total. The normalized spacial score (nSPS) is 19.7. The van der Waals surface area contributed by atoms with E-state index in [-0.39, 0.29) is 27.3 Å². The van der Waals surface area contributed by atoms with Crippen LogP contribution in [0.4, 0.5) is 10.2 Å². The zero-order chi connectivity index (χ0) is 18.1. The number of morpholine rings is 1. The quantitative estimate of drug-likeness (QED) is 0.435.